The van der Waals surface area contributed by atoms with Crippen molar-refractivity contribution in [2.75, 3.05) is 10.7 Å². The highest BCUT2D eigenvalue weighted by Crippen LogP contribution is 2.63. The van der Waals surface area contributed by atoms with Crippen molar-refractivity contribution in [3.63, 3.8) is 0 Å². The van der Waals surface area contributed by atoms with Crippen LogP contribution in [0.3, 0.4) is 0 Å². The Morgan fingerprint density at radius 1 is 0.893 bits per heavy atom. The van der Waals surface area contributed by atoms with E-state index in [4.69, 9.17) is 4.52 Å². The topological polar surface area (TPSA) is 66.8 Å². The van der Waals surface area contributed by atoms with Crippen LogP contribution in [0.25, 0.3) is 0 Å². The fourth-order valence-corrected chi connectivity index (χ4v) is 7.58. The van der Waals surface area contributed by atoms with Gasteiger partial charge in [-0.2, -0.15) is 0 Å². The van der Waals surface area contributed by atoms with E-state index in [2.05, 4.69) is 109 Å². The van der Waals surface area contributed by atoms with E-state index in [0.29, 0.717) is 16.2 Å². The number of alkyl halides is 6. The molecule has 0 saturated heterocycles. The summed E-state index contributed by atoms with van der Waals surface area (Å²) in [5.74, 6) is 0.102. The first-order valence-corrected chi connectivity index (χ1v) is 15.1. The van der Waals surface area contributed by atoms with E-state index in [9.17, 15) is 14.4 Å². The Morgan fingerprint density at radius 3 is 1.64 bits per heavy atom. The van der Waals surface area contributed by atoms with E-state index in [1.165, 1.54) is 0 Å². The second kappa shape index (κ2) is 9.50. The molecule has 2 N–H and O–H groups in total. The molecule has 0 atom stereocenters. The summed E-state index contributed by atoms with van der Waals surface area (Å²) in [7, 11) is -4.77. The molecule has 0 fully saturated rings. The lowest BCUT2D eigenvalue weighted by atomic mass is 9.79. The molecule has 0 aliphatic heterocycles. The van der Waals surface area contributed by atoms with Crippen molar-refractivity contribution in [2.45, 2.75) is 41.1 Å². The highest BCUT2D eigenvalue weighted by atomic mass is 79.9. The van der Waals surface area contributed by atoms with E-state index in [-0.39, 0.29) is 11.2 Å². The van der Waals surface area contributed by atoms with Crippen LogP contribution in [-0.2, 0) is 11.0 Å². The van der Waals surface area contributed by atoms with Gasteiger partial charge < -0.3 is 4.52 Å². The van der Waals surface area contributed by atoms with Gasteiger partial charge in [0.25, 0.3) is 0 Å². The lowest BCUT2D eigenvalue weighted by Gasteiger charge is -2.45. The zero-order chi connectivity index (χ0) is 22.3. The zero-order valence-electron chi connectivity index (χ0n) is 16.0. The number of phosphoric ester groups is 1. The normalized spacial score (nSPS) is 14.3. The Balaban J connectivity index is 4.07. The van der Waals surface area contributed by atoms with Crippen LogP contribution in [0.15, 0.2) is 12.1 Å². The van der Waals surface area contributed by atoms with Gasteiger partial charge in [0.05, 0.1) is 0 Å². The summed E-state index contributed by atoms with van der Waals surface area (Å²) in [4.78, 5) is 19.0. The van der Waals surface area contributed by atoms with Crippen LogP contribution in [-0.4, -0.2) is 20.4 Å². The van der Waals surface area contributed by atoms with Crippen molar-refractivity contribution in [1.82, 2.24) is 0 Å². The summed E-state index contributed by atoms with van der Waals surface area (Å²) in [6, 6.07) is 3.38. The number of rotatable bonds is 8. The van der Waals surface area contributed by atoms with Crippen molar-refractivity contribution in [3.05, 3.63) is 28.8 Å². The van der Waals surface area contributed by atoms with E-state index < -0.39 is 19.7 Å². The van der Waals surface area contributed by atoms with E-state index in [1.54, 1.807) is 12.1 Å². The number of benzene rings is 1. The Labute approximate surface area is 217 Å². The van der Waals surface area contributed by atoms with Crippen molar-refractivity contribution in [1.29, 1.82) is 0 Å². The molecule has 4 nitrogen and oxygen atoms in total. The molecular weight excluding hydrogens is 779 g/mol. The average Bonchev–Trinajstić information content (AvgIpc) is 2.53. The molecule has 0 radical (unpaired) electrons. The molecule has 0 spiro atoms. The summed E-state index contributed by atoms with van der Waals surface area (Å²) in [5.41, 5.74) is 1.64. The fraction of sp³-hybridized carbons (Fsp3) is 0.647. The Kier molecular flexibility index (Phi) is 9.53. The van der Waals surface area contributed by atoms with Gasteiger partial charge in [-0.25, -0.2) is 4.57 Å². The number of halogens is 6. The molecule has 0 aliphatic rings. The zero-order valence-corrected chi connectivity index (χ0v) is 26.4. The third-order valence-corrected chi connectivity index (χ3v) is 13.7. The summed E-state index contributed by atoms with van der Waals surface area (Å²) < 4.78 is 15.2. The van der Waals surface area contributed by atoms with Crippen LogP contribution < -0.4 is 4.52 Å². The summed E-state index contributed by atoms with van der Waals surface area (Å²) in [6.45, 7) is 10.2. The highest BCUT2D eigenvalue weighted by Gasteiger charge is 2.51. The van der Waals surface area contributed by atoms with Gasteiger partial charge in [0.2, 0.25) is 0 Å². The van der Waals surface area contributed by atoms with Gasteiger partial charge in [0, 0.05) is 27.1 Å². The highest BCUT2D eigenvalue weighted by molar-refractivity contribution is 9.25. The number of phosphoric acid groups is 1. The molecule has 0 amide bonds. The molecule has 11 heteroatoms. The maximum Gasteiger partial charge on any atom is 0.524 e. The molecule has 162 valence electrons. The minimum atomic E-state index is -4.77. The predicted molar refractivity (Wildman–Crippen MR) is 138 cm³/mol. The smallest absolute Gasteiger partial charge is 0.404 e. The fourth-order valence-electron chi connectivity index (χ4n) is 2.45. The molecule has 1 aromatic carbocycles. The van der Waals surface area contributed by atoms with Crippen LogP contribution in [0.4, 0.5) is 0 Å². The number of hydrogen-bond donors (Lipinski definition) is 2. The third kappa shape index (κ3) is 5.69. The third-order valence-electron chi connectivity index (χ3n) is 4.59. The molecule has 0 bridgehead atoms. The Hall–Kier alpha value is 2.05. The van der Waals surface area contributed by atoms with E-state index >= 15 is 0 Å². The van der Waals surface area contributed by atoms with E-state index in [1.807, 2.05) is 20.8 Å². The molecule has 0 aromatic heterocycles. The number of hydrogen-bond acceptors (Lipinski definition) is 2. The van der Waals surface area contributed by atoms with Crippen molar-refractivity contribution in [3.8, 4) is 5.75 Å². The maximum absolute atomic E-state index is 11.7. The Morgan fingerprint density at radius 2 is 1.29 bits per heavy atom. The van der Waals surface area contributed by atoms with Gasteiger partial charge >= 0.3 is 7.82 Å². The lowest BCUT2D eigenvalue weighted by Crippen LogP contribution is -2.39. The maximum atomic E-state index is 11.7. The van der Waals surface area contributed by atoms with Crippen LogP contribution in [0.5, 0.6) is 5.75 Å². The van der Waals surface area contributed by atoms with Gasteiger partial charge in [-0.15, -0.1) is 0 Å². The first-order valence-electron chi connectivity index (χ1n) is 8.13. The van der Waals surface area contributed by atoms with Crippen molar-refractivity contribution in [2.24, 2.45) is 10.8 Å². The molecule has 1 rings (SSSR count). The van der Waals surface area contributed by atoms with Gasteiger partial charge in [-0.1, -0.05) is 129 Å². The van der Waals surface area contributed by atoms with Crippen LogP contribution in [0.2, 0.25) is 0 Å². The molecule has 28 heavy (non-hydrogen) atoms. The SMILES string of the molecule is Cc1ccc(OP(=O)(O)O)c(C(Br)(Br)C(C)(C)CBr)c1C(Br)(Br)C(C)(C)CBr. The first-order chi connectivity index (χ1) is 12.4. The monoisotopic (exact) mass is 796 g/mol. The van der Waals surface area contributed by atoms with Gasteiger partial charge in [0.15, 0.2) is 0 Å². The van der Waals surface area contributed by atoms with Crippen molar-refractivity contribution >= 4 is 103 Å². The second-order valence-corrected chi connectivity index (χ2v) is 17.1. The minimum absolute atomic E-state index is 0.102. The summed E-state index contributed by atoms with van der Waals surface area (Å²) >= 11 is 22.4. The number of aryl methyl sites for hydroxylation is 1. The van der Waals surface area contributed by atoms with Gasteiger partial charge in [-0.05, 0) is 24.1 Å². The average molecular weight is 802 g/mol. The van der Waals surface area contributed by atoms with Gasteiger partial charge in [0.1, 0.15) is 12.2 Å². The molecular formula is C17H23Br6O4P. The van der Waals surface area contributed by atoms with Crippen molar-refractivity contribution < 1.29 is 18.9 Å². The van der Waals surface area contributed by atoms with Crippen LogP contribution in [0, 0.1) is 17.8 Å². The van der Waals surface area contributed by atoms with E-state index in [0.717, 1.165) is 11.1 Å². The lowest BCUT2D eigenvalue weighted by molar-refractivity contribution is 0.279. The standard InChI is InChI=1S/C17H23Br6O4P/c1-10-6-7-11(27-28(24,25)26)13(17(22,23)15(4,5)9-19)12(10)16(20,21)14(2,3)8-18/h6-7H,8-9H2,1-5H3,(H2,24,25,26). The van der Waals surface area contributed by atoms with Crippen LogP contribution in [0.1, 0.15) is 44.4 Å². The predicted octanol–water partition coefficient (Wildman–Crippen LogP) is 8.19. The van der Waals surface area contributed by atoms with Gasteiger partial charge in [-0.3, -0.25) is 9.79 Å². The molecule has 1 aromatic rings. The second-order valence-electron chi connectivity index (χ2n) is 7.90. The first kappa shape index (κ1) is 28.1. The molecule has 0 unspecified atom stereocenters. The quantitative estimate of drug-likeness (QED) is 0.206. The molecule has 0 heterocycles. The molecule has 0 aliphatic carbocycles. The summed E-state index contributed by atoms with van der Waals surface area (Å²) in [6.07, 6.45) is 0. The Bertz CT molecular complexity index is 773. The minimum Gasteiger partial charge on any atom is -0.404 e. The molecule has 0 saturated carbocycles. The van der Waals surface area contributed by atoms with Crippen LogP contribution >= 0.6 is 103 Å². The summed E-state index contributed by atoms with van der Waals surface area (Å²) in [5, 5.41) is 1.27. The largest absolute Gasteiger partial charge is 0.524 e.